The van der Waals surface area contributed by atoms with Crippen molar-refractivity contribution in [1.82, 2.24) is 10.2 Å². The Morgan fingerprint density at radius 1 is 1.00 bits per heavy atom. The molecule has 1 N–H and O–H groups in total. The summed E-state index contributed by atoms with van der Waals surface area (Å²) in [4.78, 5) is 26.5. The Morgan fingerprint density at radius 3 is 2.16 bits per heavy atom. The maximum atomic E-state index is 12.6. The van der Waals surface area contributed by atoms with Crippen molar-refractivity contribution in [2.24, 2.45) is 5.92 Å². The van der Waals surface area contributed by atoms with Crippen molar-refractivity contribution >= 4 is 12.2 Å². The molecule has 2 atom stereocenters. The monoisotopic (exact) mass is 422 g/mol. The van der Waals surface area contributed by atoms with Gasteiger partial charge in [-0.1, -0.05) is 55.5 Å². The summed E-state index contributed by atoms with van der Waals surface area (Å²) >= 11 is 0. The van der Waals surface area contributed by atoms with Crippen molar-refractivity contribution in [2.45, 2.75) is 45.3 Å². The zero-order valence-corrected chi connectivity index (χ0v) is 18.6. The maximum Gasteiger partial charge on any atom is 0.410 e. The van der Waals surface area contributed by atoms with Crippen LogP contribution in [0.15, 0.2) is 48.5 Å². The third-order valence-electron chi connectivity index (χ3n) is 5.91. The van der Waals surface area contributed by atoms with E-state index in [0.717, 1.165) is 0 Å². The summed E-state index contributed by atoms with van der Waals surface area (Å²) in [6.07, 6.45) is -0.805. The van der Waals surface area contributed by atoms with E-state index in [1.54, 1.807) is 4.90 Å². The summed E-state index contributed by atoms with van der Waals surface area (Å²) in [5.41, 5.74) is 4.22. The highest BCUT2D eigenvalue weighted by molar-refractivity contribution is 5.79. The molecule has 1 fully saturated rings. The second kappa shape index (κ2) is 8.25. The molecule has 1 aliphatic heterocycles. The van der Waals surface area contributed by atoms with E-state index in [1.807, 2.05) is 52.0 Å². The topological polar surface area (TPSA) is 67.9 Å². The van der Waals surface area contributed by atoms with Crippen molar-refractivity contribution in [2.75, 3.05) is 19.7 Å². The van der Waals surface area contributed by atoms with Gasteiger partial charge in [0.05, 0.1) is 6.04 Å². The molecule has 2 aliphatic rings. The van der Waals surface area contributed by atoms with Crippen molar-refractivity contribution in [3.8, 4) is 11.1 Å². The second-order valence-electron chi connectivity index (χ2n) is 9.44. The van der Waals surface area contributed by atoms with E-state index in [9.17, 15) is 9.59 Å². The van der Waals surface area contributed by atoms with E-state index in [-0.39, 0.29) is 30.6 Å². The number of nitrogens with zero attached hydrogens (tertiary/aromatic N) is 1. The molecule has 6 nitrogen and oxygen atoms in total. The average Bonchev–Trinajstić information content (AvgIpc) is 3.23. The molecule has 0 spiro atoms. The third kappa shape index (κ3) is 4.53. The maximum absolute atomic E-state index is 12.6. The molecule has 2 amide bonds. The standard InChI is InChI=1S/C25H30N2O4/c1-16-13-27(24(29)31-25(2,3)4)14-22(16)26-23(28)30-15-21-19-11-7-5-9-17(19)18-10-6-8-12-20(18)21/h5-12,16,21-22H,13-15H2,1-4H3,(H,26,28). The van der Waals surface area contributed by atoms with Crippen LogP contribution < -0.4 is 5.32 Å². The first kappa shape index (κ1) is 21.2. The van der Waals surface area contributed by atoms with Crippen LogP contribution in [0.5, 0.6) is 0 Å². The van der Waals surface area contributed by atoms with Crippen LogP contribution in [0.2, 0.25) is 0 Å². The van der Waals surface area contributed by atoms with Crippen molar-refractivity contribution in [3.05, 3.63) is 59.7 Å². The Labute approximate surface area is 183 Å². The van der Waals surface area contributed by atoms with Gasteiger partial charge in [0.1, 0.15) is 12.2 Å². The number of benzene rings is 2. The number of hydrogen-bond acceptors (Lipinski definition) is 4. The average molecular weight is 423 g/mol. The van der Waals surface area contributed by atoms with Gasteiger partial charge in [-0.2, -0.15) is 0 Å². The molecule has 1 aliphatic carbocycles. The molecule has 2 aromatic carbocycles. The summed E-state index contributed by atoms with van der Waals surface area (Å²) in [6, 6.07) is 16.3. The summed E-state index contributed by atoms with van der Waals surface area (Å²) in [7, 11) is 0. The van der Waals surface area contributed by atoms with Crippen LogP contribution in [0.3, 0.4) is 0 Å². The molecule has 6 heteroatoms. The van der Waals surface area contributed by atoms with Gasteiger partial charge in [-0.3, -0.25) is 0 Å². The Balaban J connectivity index is 1.36. The fourth-order valence-corrected chi connectivity index (χ4v) is 4.42. The first-order chi connectivity index (χ1) is 14.7. The number of ether oxygens (including phenoxy) is 2. The zero-order valence-electron chi connectivity index (χ0n) is 18.6. The number of nitrogens with one attached hydrogen (secondary N) is 1. The predicted molar refractivity (Wildman–Crippen MR) is 119 cm³/mol. The predicted octanol–water partition coefficient (Wildman–Crippen LogP) is 4.78. The van der Waals surface area contributed by atoms with E-state index in [2.05, 4.69) is 29.6 Å². The van der Waals surface area contributed by atoms with Crippen LogP contribution in [0.1, 0.15) is 44.7 Å². The van der Waals surface area contributed by atoms with Gasteiger partial charge >= 0.3 is 12.2 Å². The highest BCUT2D eigenvalue weighted by Crippen LogP contribution is 2.44. The quantitative estimate of drug-likeness (QED) is 0.773. The van der Waals surface area contributed by atoms with Gasteiger partial charge in [-0.25, -0.2) is 9.59 Å². The Bertz CT molecular complexity index is 936. The van der Waals surface area contributed by atoms with E-state index >= 15 is 0 Å². The number of rotatable bonds is 3. The summed E-state index contributed by atoms with van der Waals surface area (Å²) in [5.74, 6) is 0.144. The minimum Gasteiger partial charge on any atom is -0.449 e. The molecule has 1 heterocycles. The molecule has 0 bridgehead atoms. The molecule has 164 valence electrons. The molecule has 2 unspecified atom stereocenters. The fourth-order valence-electron chi connectivity index (χ4n) is 4.42. The van der Waals surface area contributed by atoms with Crippen LogP contribution in [0, 0.1) is 5.92 Å². The van der Waals surface area contributed by atoms with Gasteiger partial charge in [-0.15, -0.1) is 0 Å². The third-order valence-corrected chi connectivity index (χ3v) is 5.91. The van der Waals surface area contributed by atoms with Gasteiger partial charge in [0, 0.05) is 19.0 Å². The number of amides is 2. The number of fused-ring (bicyclic) bond motifs is 3. The minimum atomic E-state index is -0.543. The minimum absolute atomic E-state index is 0.0254. The van der Waals surface area contributed by atoms with Gasteiger partial charge in [0.25, 0.3) is 0 Å². The van der Waals surface area contributed by atoms with Gasteiger partial charge in [0.15, 0.2) is 0 Å². The molecule has 1 saturated heterocycles. The SMILES string of the molecule is CC1CN(C(=O)OC(C)(C)C)CC1NC(=O)OCC1c2ccccc2-c2ccccc21. The second-order valence-corrected chi connectivity index (χ2v) is 9.44. The first-order valence-electron chi connectivity index (χ1n) is 10.8. The Kier molecular flexibility index (Phi) is 5.65. The normalized spacial score (nSPS) is 20.2. The lowest BCUT2D eigenvalue weighted by atomic mass is 9.98. The van der Waals surface area contributed by atoms with Crippen LogP contribution in [0.4, 0.5) is 9.59 Å². The van der Waals surface area contributed by atoms with Gasteiger partial charge in [0.2, 0.25) is 0 Å². The fraction of sp³-hybridized carbons (Fsp3) is 0.440. The van der Waals surface area contributed by atoms with Crippen LogP contribution in [-0.4, -0.2) is 48.4 Å². The number of hydrogen-bond donors (Lipinski definition) is 1. The van der Waals surface area contributed by atoms with Crippen LogP contribution in [0.25, 0.3) is 11.1 Å². The van der Waals surface area contributed by atoms with E-state index < -0.39 is 11.7 Å². The van der Waals surface area contributed by atoms with E-state index in [0.29, 0.717) is 13.1 Å². The van der Waals surface area contributed by atoms with Crippen molar-refractivity contribution in [1.29, 1.82) is 0 Å². The number of alkyl carbamates (subject to hydrolysis) is 1. The van der Waals surface area contributed by atoms with Crippen molar-refractivity contribution < 1.29 is 19.1 Å². The summed E-state index contributed by atoms with van der Waals surface area (Å²) in [5, 5.41) is 2.94. The number of likely N-dealkylation sites (tertiary alicyclic amines) is 1. The first-order valence-corrected chi connectivity index (χ1v) is 10.8. The Morgan fingerprint density at radius 2 is 1.58 bits per heavy atom. The molecule has 2 aromatic rings. The molecule has 31 heavy (non-hydrogen) atoms. The Hall–Kier alpha value is -3.02. The highest BCUT2D eigenvalue weighted by atomic mass is 16.6. The number of carbonyl (C=O) groups is 2. The molecular weight excluding hydrogens is 392 g/mol. The molecule has 0 aromatic heterocycles. The lowest BCUT2D eigenvalue weighted by molar-refractivity contribution is 0.0285. The summed E-state index contributed by atoms with van der Waals surface area (Å²) < 4.78 is 11.1. The van der Waals surface area contributed by atoms with Crippen LogP contribution in [-0.2, 0) is 9.47 Å². The van der Waals surface area contributed by atoms with E-state index in [1.165, 1.54) is 22.3 Å². The van der Waals surface area contributed by atoms with Gasteiger partial charge in [-0.05, 0) is 48.9 Å². The lowest BCUT2D eigenvalue weighted by Crippen LogP contribution is -2.41. The molecular formula is C25H30N2O4. The van der Waals surface area contributed by atoms with Gasteiger partial charge < -0.3 is 19.7 Å². The summed E-state index contributed by atoms with van der Waals surface area (Å²) in [6.45, 7) is 8.78. The van der Waals surface area contributed by atoms with Crippen molar-refractivity contribution in [3.63, 3.8) is 0 Å². The van der Waals surface area contributed by atoms with Crippen LogP contribution >= 0.6 is 0 Å². The highest BCUT2D eigenvalue weighted by Gasteiger charge is 2.36. The largest absolute Gasteiger partial charge is 0.449 e. The molecule has 0 saturated carbocycles. The molecule has 4 rings (SSSR count). The zero-order chi connectivity index (χ0) is 22.2. The number of carbonyl (C=O) groups excluding carboxylic acids is 2. The van der Waals surface area contributed by atoms with E-state index in [4.69, 9.17) is 9.47 Å². The smallest absolute Gasteiger partial charge is 0.410 e. The molecule has 0 radical (unpaired) electrons. The lowest BCUT2D eigenvalue weighted by Gasteiger charge is -2.24.